The van der Waals surface area contributed by atoms with E-state index >= 15 is 0 Å². The summed E-state index contributed by atoms with van der Waals surface area (Å²) in [6.07, 6.45) is -0.482. The lowest BCUT2D eigenvalue weighted by molar-refractivity contribution is -0.0974. The second-order valence-corrected chi connectivity index (χ2v) is 4.23. The van der Waals surface area contributed by atoms with Gasteiger partial charge in [-0.25, -0.2) is 4.98 Å². The molecule has 0 saturated heterocycles. The van der Waals surface area contributed by atoms with Crippen molar-refractivity contribution in [2.24, 2.45) is 0 Å². The SMILES string of the molecule is COC(CNC(=O)c1ccc2cccc(N)c2n1)OC. The summed E-state index contributed by atoms with van der Waals surface area (Å²) in [5, 5.41) is 3.59. The minimum absolute atomic E-state index is 0.246. The number of hydrogen-bond acceptors (Lipinski definition) is 5. The molecule has 0 radical (unpaired) electrons. The van der Waals surface area contributed by atoms with Gasteiger partial charge in [0.05, 0.1) is 17.7 Å². The van der Waals surface area contributed by atoms with Gasteiger partial charge in [0.15, 0.2) is 6.29 Å². The number of pyridine rings is 1. The van der Waals surface area contributed by atoms with Crippen molar-refractivity contribution in [1.29, 1.82) is 0 Å². The molecular formula is C14H17N3O3. The summed E-state index contributed by atoms with van der Waals surface area (Å²) in [5.41, 5.74) is 7.33. The molecule has 0 unspecified atom stereocenters. The Morgan fingerprint density at radius 1 is 1.30 bits per heavy atom. The van der Waals surface area contributed by atoms with Gasteiger partial charge >= 0.3 is 0 Å². The Labute approximate surface area is 116 Å². The van der Waals surface area contributed by atoms with Crippen molar-refractivity contribution < 1.29 is 14.3 Å². The number of anilines is 1. The molecule has 2 rings (SSSR count). The Morgan fingerprint density at radius 2 is 2.05 bits per heavy atom. The Hall–Kier alpha value is -2.18. The largest absolute Gasteiger partial charge is 0.397 e. The van der Waals surface area contributed by atoms with Crippen molar-refractivity contribution in [3.05, 3.63) is 36.0 Å². The van der Waals surface area contributed by atoms with Crippen LogP contribution in [0.15, 0.2) is 30.3 Å². The molecule has 1 heterocycles. The molecule has 6 heteroatoms. The lowest BCUT2D eigenvalue weighted by Crippen LogP contribution is -2.34. The summed E-state index contributed by atoms with van der Waals surface area (Å²) in [4.78, 5) is 16.3. The first-order valence-electron chi connectivity index (χ1n) is 6.14. The summed E-state index contributed by atoms with van der Waals surface area (Å²) in [5.74, 6) is -0.297. The number of amides is 1. The lowest BCUT2D eigenvalue weighted by atomic mass is 10.1. The molecule has 0 spiro atoms. The minimum Gasteiger partial charge on any atom is -0.397 e. The van der Waals surface area contributed by atoms with E-state index in [1.165, 1.54) is 14.2 Å². The predicted octanol–water partition coefficient (Wildman–Crippen LogP) is 1.17. The van der Waals surface area contributed by atoms with Crippen LogP contribution in [0.5, 0.6) is 0 Å². The van der Waals surface area contributed by atoms with Crippen LogP contribution in [0.2, 0.25) is 0 Å². The molecule has 0 atom stereocenters. The number of methoxy groups -OCH3 is 2. The molecule has 0 fully saturated rings. The number of hydrogen-bond donors (Lipinski definition) is 2. The molecule has 2 aromatic rings. The molecular weight excluding hydrogens is 258 g/mol. The van der Waals surface area contributed by atoms with Gasteiger partial charge in [-0.05, 0) is 12.1 Å². The molecule has 1 amide bonds. The van der Waals surface area contributed by atoms with Crippen molar-refractivity contribution in [3.63, 3.8) is 0 Å². The molecule has 0 aliphatic carbocycles. The molecule has 20 heavy (non-hydrogen) atoms. The van der Waals surface area contributed by atoms with Gasteiger partial charge in [-0.15, -0.1) is 0 Å². The van der Waals surface area contributed by atoms with Crippen LogP contribution in [0.4, 0.5) is 5.69 Å². The zero-order valence-electron chi connectivity index (χ0n) is 11.4. The molecule has 0 saturated carbocycles. The van der Waals surface area contributed by atoms with Crippen molar-refractivity contribution in [1.82, 2.24) is 10.3 Å². The number of nitrogens with two attached hydrogens (primary N) is 1. The maximum absolute atomic E-state index is 12.0. The standard InChI is InChI=1S/C14H17N3O3/c1-19-12(20-2)8-16-14(18)11-7-6-9-4-3-5-10(15)13(9)17-11/h3-7,12H,8,15H2,1-2H3,(H,16,18). The molecule has 1 aromatic heterocycles. The minimum atomic E-state index is -0.482. The topological polar surface area (TPSA) is 86.5 Å². The van der Waals surface area contributed by atoms with Crippen LogP contribution in [0.1, 0.15) is 10.5 Å². The van der Waals surface area contributed by atoms with E-state index in [1.54, 1.807) is 12.1 Å². The first-order valence-corrected chi connectivity index (χ1v) is 6.14. The Morgan fingerprint density at radius 3 is 2.75 bits per heavy atom. The van der Waals surface area contributed by atoms with E-state index in [1.807, 2.05) is 18.2 Å². The third-order valence-electron chi connectivity index (χ3n) is 2.94. The third kappa shape index (κ3) is 3.04. The van der Waals surface area contributed by atoms with Crippen LogP contribution in [-0.4, -0.2) is 37.9 Å². The van der Waals surface area contributed by atoms with E-state index in [9.17, 15) is 4.79 Å². The Kier molecular flexibility index (Phi) is 4.49. The maximum Gasteiger partial charge on any atom is 0.270 e. The fourth-order valence-electron chi connectivity index (χ4n) is 1.83. The second kappa shape index (κ2) is 6.31. The second-order valence-electron chi connectivity index (χ2n) is 4.23. The van der Waals surface area contributed by atoms with Gasteiger partial charge in [0.25, 0.3) is 5.91 Å². The number of nitrogen functional groups attached to an aromatic ring is 1. The maximum atomic E-state index is 12.0. The fraction of sp³-hybridized carbons (Fsp3) is 0.286. The van der Waals surface area contributed by atoms with Crippen molar-refractivity contribution in [2.45, 2.75) is 6.29 Å². The summed E-state index contributed by atoms with van der Waals surface area (Å²) in [6, 6.07) is 8.97. The first-order chi connectivity index (χ1) is 9.65. The van der Waals surface area contributed by atoms with E-state index < -0.39 is 6.29 Å². The monoisotopic (exact) mass is 275 g/mol. The van der Waals surface area contributed by atoms with Crippen molar-refractivity contribution in [2.75, 3.05) is 26.5 Å². The highest BCUT2D eigenvalue weighted by Crippen LogP contribution is 2.18. The smallest absolute Gasteiger partial charge is 0.270 e. The third-order valence-corrected chi connectivity index (χ3v) is 2.94. The number of fused-ring (bicyclic) bond motifs is 1. The van der Waals surface area contributed by atoms with Gasteiger partial charge in [0.2, 0.25) is 0 Å². The van der Waals surface area contributed by atoms with E-state index in [0.29, 0.717) is 16.9 Å². The average Bonchev–Trinajstić information content (AvgIpc) is 2.48. The summed E-state index contributed by atoms with van der Waals surface area (Å²) in [7, 11) is 3.02. The summed E-state index contributed by atoms with van der Waals surface area (Å²) >= 11 is 0. The first kappa shape index (κ1) is 14.2. The summed E-state index contributed by atoms with van der Waals surface area (Å²) in [6.45, 7) is 0.246. The zero-order chi connectivity index (χ0) is 14.5. The number of rotatable bonds is 5. The number of nitrogens with one attached hydrogen (secondary N) is 1. The van der Waals surface area contributed by atoms with Crippen LogP contribution < -0.4 is 11.1 Å². The van der Waals surface area contributed by atoms with Crippen molar-refractivity contribution in [3.8, 4) is 0 Å². The van der Waals surface area contributed by atoms with Gasteiger partial charge in [-0.3, -0.25) is 4.79 Å². The average molecular weight is 275 g/mol. The van der Waals surface area contributed by atoms with E-state index in [-0.39, 0.29) is 12.5 Å². The number of carbonyl (C=O) groups is 1. The number of benzene rings is 1. The predicted molar refractivity (Wildman–Crippen MR) is 76.3 cm³/mol. The van der Waals surface area contributed by atoms with Gasteiger partial charge in [-0.2, -0.15) is 0 Å². The van der Waals surface area contributed by atoms with E-state index in [2.05, 4.69) is 10.3 Å². The molecule has 6 nitrogen and oxygen atoms in total. The van der Waals surface area contributed by atoms with Gasteiger partial charge < -0.3 is 20.5 Å². The van der Waals surface area contributed by atoms with Crippen LogP contribution in [0, 0.1) is 0 Å². The van der Waals surface area contributed by atoms with Crippen molar-refractivity contribution >= 4 is 22.5 Å². The fourth-order valence-corrected chi connectivity index (χ4v) is 1.83. The number of para-hydroxylation sites is 1. The highest BCUT2D eigenvalue weighted by atomic mass is 16.7. The Bertz CT molecular complexity index is 612. The highest BCUT2D eigenvalue weighted by Gasteiger charge is 2.12. The number of ether oxygens (including phenoxy) is 2. The Balaban J connectivity index is 2.16. The van der Waals surface area contributed by atoms with Crippen LogP contribution in [-0.2, 0) is 9.47 Å². The van der Waals surface area contributed by atoms with Gasteiger partial charge in [0, 0.05) is 19.6 Å². The molecule has 0 aliphatic rings. The molecule has 1 aromatic carbocycles. The zero-order valence-corrected chi connectivity index (χ0v) is 11.4. The van der Waals surface area contributed by atoms with Gasteiger partial charge in [0.1, 0.15) is 5.69 Å². The van der Waals surface area contributed by atoms with E-state index in [4.69, 9.17) is 15.2 Å². The van der Waals surface area contributed by atoms with E-state index in [0.717, 1.165) is 5.39 Å². The quantitative estimate of drug-likeness (QED) is 0.632. The normalized spacial score (nSPS) is 10.9. The highest BCUT2D eigenvalue weighted by molar-refractivity contribution is 5.97. The molecule has 0 bridgehead atoms. The lowest BCUT2D eigenvalue weighted by Gasteiger charge is -2.14. The number of carbonyl (C=O) groups excluding carboxylic acids is 1. The molecule has 106 valence electrons. The van der Waals surface area contributed by atoms with Crippen LogP contribution in [0.3, 0.4) is 0 Å². The van der Waals surface area contributed by atoms with Crippen LogP contribution >= 0.6 is 0 Å². The van der Waals surface area contributed by atoms with Crippen LogP contribution in [0.25, 0.3) is 10.9 Å². The number of nitrogens with zero attached hydrogens (tertiary/aromatic N) is 1. The number of aromatic nitrogens is 1. The molecule has 3 N–H and O–H groups in total. The molecule has 0 aliphatic heterocycles. The summed E-state index contributed by atoms with van der Waals surface area (Å²) < 4.78 is 10.00. The van der Waals surface area contributed by atoms with Gasteiger partial charge in [-0.1, -0.05) is 18.2 Å².